The largest absolute Gasteiger partial charge is 0.292 e. The molecule has 0 N–H and O–H groups in total. The molecule has 1 saturated heterocycles. The van der Waals surface area contributed by atoms with E-state index in [1.54, 1.807) is 10.9 Å². The summed E-state index contributed by atoms with van der Waals surface area (Å²) in [7, 11) is 0. The number of aromatic nitrogens is 2. The number of Topliss-reactive ketones (excluding diaryl/α,β-unsaturated/α-hetero) is 1. The third-order valence-corrected chi connectivity index (χ3v) is 3.67. The zero-order valence-corrected chi connectivity index (χ0v) is 10.9. The molecule has 1 aromatic heterocycles. The number of carbonyl (C=O) groups excluding carboxylic acids is 1. The molecule has 1 aromatic rings. The van der Waals surface area contributed by atoms with Gasteiger partial charge in [0.25, 0.3) is 0 Å². The lowest BCUT2D eigenvalue weighted by Gasteiger charge is -2.33. The molecule has 1 aliphatic rings. The molecule has 4 heteroatoms. The highest BCUT2D eigenvalue weighted by molar-refractivity contribution is 6.02. The third kappa shape index (κ3) is 2.27. The first-order valence-electron chi connectivity index (χ1n) is 6.38. The Kier molecular flexibility index (Phi) is 3.33. The molecule has 4 nitrogen and oxygen atoms in total. The Morgan fingerprint density at radius 3 is 2.59 bits per heavy atom. The highest BCUT2D eigenvalue weighted by Gasteiger charge is 2.36. The topological polar surface area (TPSA) is 38.1 Å². The van der Waals surface area contributed by atoms with Gasteiger partial charge in [0.1, 0.15) is 0 Å². The van der Waals surface area contributed by atoms with Crippen LogP contribution in [0, 0.1) is 0 Å². The Morgan fingerprint density at radius 1 is 1.41 bits per heavy atom. The van der Waals surface area contributed by atoms with E-state index in [1.165, 1.54) is 12.8 Å². The van der Waals surface area contributed by atoms with Crippen LogP contribution in [0.4, 0.5) is 0 Å². The van der Waals surface area contributed by atoms with Gasteiger partial charge in [-0.05, 0) is 46.7 Å². The first-order chi connectivity index (χ1) is 8.05. The quantitative estimate of drug-likeness (QED) is 0.749. The molecule has 0 atom stereocenters. The smallest absolute Gasteiger partial charge is 0.185 e. The van der Waals surface area contributed by atoms with Crippen LogP contribution in [-0.2, 0) is 6.54 Å². The molecular formula is C13H21N3O. The van der Waals surface area contributed by atoms with Crippen molar-refractivity contribution in [3.05, 3.63) is 18.0 Å². The average molecular weight is 235 g/mol. The van der Waals surface area contributed by atoms with Crippen LogP contribution in [0.25, 0.3) is 0 Å². The first-order valence-corrected chi connectivity index (χ1v) is 6.38. The minimum absolute atomic E-state index is 0.180. The van der Waals surface area contributed by atoms with Gasteiger partial charge in [-0.1, -0.05) is 0 Å². The summed E-state index contributed by atoms with van der Waals surface area (Å²) in [5.74, 6) is 0.180. The van der Waals surface area contributed by atoms with Crippen molar-refractivity contribution in [2.75, 3.05) is 13.1 Å². The van der Waals surface area contributed by atoms with E-state index in [9.17, 15) is 4.79 Å². The molecule has 2 rings (SSSR count). The zero-order chi connectivity index (χ0) is 12.5. The van der Waals surface area contributed by atoms with Crippen LogP contribution in [0.3, 0.4) is 0 Å². The first kappa shape index (κ1) is 12.3. The average Bonchev–Trinajstić information content (AvgIpc) is 2.99. The lowest BCUT2D eigenvalue weighted by atomic mass is 9.93. The van der Waals surface area contributed by atoms with Crippen LogP contribution in [0.5, 0.6) is 0 Å². The zero-order valence-electron chi connectivity index (χ0n) is 10.9. The lowest BCUT2D eigenvalue weighted by Crippen LogP contribution is -2.48. The Morgan fingerprint density at radius 2 is 2.06 bits per heavy atom. The standard InChI is InChI=1S/C13H21N3O/c1-4-16-10-11(9-14-16)12(17)13(2,3)15-7-5-6-8-15/h9-10H,4-8H2,1-3H3. The molecule has 1 aliphatic heterocycles. The van der Waals surface area contributed by atoms with Crippen molar-refractivity contribution >= 4 is 5.78 Å². The molecule has 1 fully saturated rings. The van der Waals surface area contributed by atoms with E-state index in [2.05, 4.69) is 10.00 Å². The van der Waals surface area contributed by atoms with Crippen molar-refractivity contribution in [1.82, 2.24) is 14.7 Å². The summed E-state index contributed by atoms with van der Waals surface area (Å²) >= 11 is 0. The molecule has 0 aliphatic carbocycles. The second-order valence-corrected chi connectivity index (χ2v) is 5.17. The van der Waals surface area contributed by atoms with Gasteiger partial charge in [-0.15, -0.1) is 0 Å². The van der Waals surface area contributed by atoms with Crippen LogP contribution >= 0.6 is 0 Å². The maximum absolute atomic E-state index is 12.5. The summed E-state index contributed by atoms with van der Waals surface area (Å²) in [4.78, 5) is 14.8. The van der Waals surface area contributed by atoms with Crippen molar-refractivity contribution < 1.29 is 4.79 Å². The maximum Gasteiger partial charge on any atom is 0.185 e. The Labute approximate surface area is 103 Å². The van der Waals surface area contributed by atoms with Crippen molar-refractivity contribution in [3.63, 3.8) is 0 Å². The molecule has 0 saturated carbocycles. The predicted molar refractivity (Wildman–Crippen MR) is 67.1 cm³/mol. The molecule has 0 aromatic carbocycles. The molecule has 17 heavy (non-hydrogen) atoms. The number of rotatable bonds is 4. The van der Waals surface area contributed by atoms with Crippen molar-refractivity contribution in [3.8, 4) is 0 Å². The fraction of sp³-hybridized carbons (Fsp3) is 0.692. The molecule has 0 radical (unpaired) electrons. The summed E-state index contributed by atoms with van der Waals surface area (Å²) < 4.78 is 1.80. The van der Waals surface area contributed by atoms with Crippen molar-refractivity contribution in [2.45, 2.75) is 45.7 Å². The molecular weight excluding hydrogens is 214 g/mol. The highest BCUT2D eigenvalue weighted by atomic mass is 16.1. The van der Waals surface area contributed by atoms with Crippen LogP contribution in [0.2, 0.25) is 0 Å². The number of aryl methyl sites for hydroxylation is 1. The summed E-state index contributed by atoms with van der Waals surface area (Å²) in [6, 6.07) is 0. The minimum Gasteiger partial charge on any atom is -0.292 e. The van der Waals surface area contributed by atoms with E-state index in [0.717, 1.165) is 25.2 Å². The molecule has 0 amide bonds. The monoisotopic (exact) mass is 235 g/mol. The van der Waals surface area contributed by atoms with Gasteiger partial charge in [-0.2, -0.15) is 5.10 Å². The van der Waals surface area contributed by atoms with Crippen LogP contribution < -0.4 is 0 Å². The van der Waals surface area contributed by atoms with E-state index in [4.69, 9.17) is 0 Å². The van der Waals surface area contributed by atoms with E-state index in [-0.39, 0.29) is 5.78 Å². The predicted octanol–water partition coefficient (Wildman–Crippen LogP) is 1.96. The van der Waals surface area contributed by atoms with Crippen molar-refractivity contribution in [1.29, 1.82) is 0 Å². The maximum atomic E-state index is 12.5. The number of likely N-dealkylation sites (tertiary alicyclic amines) is 1. The molecule has 0 spiro atoms. The molecule has 2 heterocycles. The Balaban J connectivity index is 2.17. The van der Waals surface area contributed by atoms with Gasteiger partial charge < -0.3 is 0 Å². The lowest BCUT2D eigenvalue weighted by molar-refractivity contribution is 0.0702. The second-order valence-electron chi connectivity index (χ2n) is 5.17. The summed E-state index contributed by atoms with van der Waals surface area (Å²) in [6.45, 7) is 8.92. The number of hydrogen-bond donors (Lipinski definition) is 0. The van der Waals surface area contributed by atoms with E-state index >= 15 is 0 Å². The van der Waals surface area contributed by atoms with Crippen molar-refractivity contribution in [2.24, 2.45) is 0 Å². The van der Waals surface area contributed by atoms with Gasteiger partial charge in [0.15, 0.2) is 5.78 Å². The number of ketones is 1. The van der Waals surface area contributed by atoms with Gasteiger partial charge in [-0.25, -0.2) is 0 Å². The summed E-state index contributed by atoms with van der Waals surface area (Å²) in [5.41, 5.74) is 0.321. The SMILES string of the molecule is CCn1cc(C(=O)C(C)(C)N2CCCC2)cn1. The fourth-order valence-corrected chi connectivity index (χ4v) is 2.43. The summed E-state index contributed by atoms with van der Waals surface area (Å²) in [6.07, 6.45) is 5.93. The van der Waals surface area contributed by atoms with Gasteiger partial charge in [0.2, 0.25) is 0 Å². The highest BCUT2D eigenvalue weighted by Crippen LogP contribution is 2.24. The van der Waals surface area contributed by atoms with Gasteiger partial charge in [0.05, 0.1) is 17.3 Å². The minimum atomic E-state index is -0.405. The van der Waals surface area contributed by atoms with Crippen LogP contribution in [-0.4, -0.2) is 39.1 Å². The van der Waals surface area contributed by atoms with E-state index in [0.29, 0.717) is 0 Å². The van der Waals surface area contributed by atoms with Crippen LogP contribution in [0.15, 0.2) is 12.4 Å². The van der Waals surface area contributed by atoms with Gasteiger partial charge in [-0.3, -0.25) is 14.4 Å². The van der Waals surface area contributed by atoms with Gasteiger partial charge >= 0.3 is 0 Å². The molecule has 94 valence electrons. The molecule has 0 unspecified atom stereocenters. The van der Waals surface area contributed by atoms with Crippen LogP contribution in [0.1, 0.15) is 44.0 Å². The van der Waals surface area contributed by atoms with Gasteiger partial charge in [0, 0.05) is 12.7 Å². The fourth-order valence-electron chi connectivity index (χ4n) is 2.43. The summed E-state index contributed by atoms with van der Waals surface area (Å²) in [5, 5.41) is 4.17. The third-order valence-electron chi connectivity index (χ3n) is 3.67. The Bertz CT molecular complexity index is 403. The number of carbonyl (C=O) groups is 1. The number of nitrogens with zero attached hydrogens (tertiary/aromatic N) is 3. The Hall–Kier alpha value is -1.16. The van der Waals surface area contributed by atoms with E-state index < -0.39 is 5.54 Å². The second kappa shape index (κ2) is 4.61. The van der Waals surface area contributed by atoms with E-state index in [1.807, 2.05) is 27.0 Å². The normalized spacial score (nSPS) is 17.6. The molecule has 0 bridgehead atoms. The number of hydrogen-bond acceptors (Lipinski definition) is 3.